The Morgan fingerprint density at radius 3 is 2.35 bits per heavy atom. The number of thioether (sulfide) groups is 1. The molecule has 10 nitrogen and oxygen atoms in total. The van der Waals surface area contributed by atoms with Crippen LogP contribution in [0, 0.1) is 23.0 Å². The molecule has 17 heteroatoms. The number of piperazine rings is 2. The van der Waals surface area contributed by atoms with Gasteiger partial charge in [0, 0.05) is 110 Å². The van der Waals surface area contributed by atoms with Crippen molar-refractivity contribution in [3.63, 3.8) is 0 Å². The number of amidine groups is 1. The molecule has 4 heterocycles. The number of carbonyl (C=O) groups is 2. The summed E-state index contributed by atoms with van der Waals surface area (Å²) >= 11 is 1.80. The Hall–Kier alpha value is -4.24. The van der Waals surface area contributed by atoms with E-state index in [1.54, 1.807) is 30.7 Å². The van der Waals surface area contributed by atoms with E-state index < -0.39 is 46.6 Å². The lowest BCUT2D eigenvalue weighted by Gasteiger charge is -2.46. The number of hydrogen-bond donors (Lipinski definition) is 1. The summed E-state index contributed by atoms with van der Waals surface area (Å²) in [4.78, 5) is 39.3. The number of nitrogens with two attached hydrogens (primary N) is 1. The van der Waals surface area contributed by atoms with Crippen molar-refractivity contribution in [3.8, 4) is 17.2 Å². The number of nitriles is 1. The van der Waals surface area contributed by atoms with Crippen LogP contribution in [0.1, 0.15) is 43.4 Å². The highest BCUT2D eigenvalue weighted by molar-refractivity contribution is 7.99. The highest BCUT2D eigenvalue weighted by atomic mass is 32.2. The number of carbonyl (C=O) groups excluding carboxylic acids is 2. The van der Waals surface area contributed by atoms with Crippen molar-refractivity contribution in [2.24, 2.45) is 4.99 Å². The number of nitrogens with zero attached hydrogens (tertiary/aromatic N) is 7. The van der Waals surface area contributed by atoms with Gasteiger partial charge in [-0.2, -0.15) is 23.4 Å². The predicted octanol–water partition coefficient (Wildman–Crippen LogP) is 6.02. The Morgan fingerprint density at radius 2 is 1.76 bits per heavy atom. The molecule has 3 aromatic rings. The predicted molar refractivity (Wildman–Crippen MR) is 205 cm³/mol. The Morgan fingerprint density at radius 1 is 1.09 bits per heavy atom. The number of thiophene rings is 1. The number of rotatable bonds is 7. The Balaban J connectivity index is 1.43. The number of aliphatic imine (C=N–C) groups is 1. The SMILES string of the molecule is C=CC(=O)N1C(C)CN(C(=NC=O)c2cc(C(F)(F)F)c(-c3c(F)cc(F)c4sc(N)c(C#N)c34)c3c2N(C)C(CN2CCN(C4CC4)CC2)CS3)CC1C. The molecule has 1 aromatic heterocycles. The number of anilines is 2. The van der Waals surface area contributed by atoms with Crippen molar-refractivity contribution >= 4 is 62.0 Å². The first-order chi connectivity index (χ1) is 26.2. The maximum absolute atomic E-state index is 16.3. The first-order valence-corrected chi connectivity index (χ1v) is 19.9. The molecule has 292 valence electrons. The Kier molecular flexibility index (Phi) is 10.7. The summed E-state index contributed by atoms with van der Waals surface area (Å²) in [5, 5.41) is 9.57. The highest BCUT2D eigenvalue weighted by Gasteiger charge is 2.44. The fourth-order valence-electron chi connectivity index (χ4n) is 8.46. The third-order valence-electron chi connectivity index (χ3n) is 11.1. The first kappa shape index (κ1) is 39.0. The molecule has 1 aliphatic carbocycles. The maximum atomic E-state index is 16.3. The molecule has 2 aromatic carbocycles. The third-order valence-corrected chi connectivity index (χ3v) is 13.4. The van der Waals surface area contributed by atoms with E-state index in [4.69, 9.17) is 5.73 Å². The number of fused-ring (bicyclic) bond motifs is 2. The fourth-order valence-corrected chi connectivity index (χ4v) is 10.8. The average molecular weight is 801 g/mol. The van der Waals surface area contributed by atoms with Crippen LogP contribution in [0.3, 0.4) is 0 Å². The van der Waals surface area contributed by atoms with Crippen LogP contribution in [0.5, 0.6) is 0 Å². The second-order valence-corrected chi connectivity index (χ2v) is 16.7. The normalized spacial score (nSPS) is 22.9. The minimum absolute atomic E-state index is 0.00317. The number of alkyl halides is 3. The molecule has 2 saturated heterocycles. The summed E-state index contributed by atoms with van der Waals surface area (Å²) in [7, 11) is 1.77. The molecular formula is C38H41F5N8O2S2. The van der Waals surface area contributed by atoms with Gasteiger partial charge in [-0.3, -0.25) is 19.4 Å². The van der Waals surface area contributed by atoms with Gasteiger partial charge >= 0.3 is 6.18 Å². The van der Waals surface area contributed by atoms with Crippen molar-refractivity contribution in [1.29, 1.82) is 5.26 Å². The molecular weight excluding hydrogens is 760 g/mol. The Labute approximate surface area is 324 Å². The summed E-state index contributed by atoms with van der Waals surface area (Å²) in [6, 6.07) is 2.85. The Bertz CT molecular complexity index is 2110. The van der Waals surface area contributed by atoms with Crippen molar-refractivity contribution in [1.82, 2.24) is 19.6 Å². The number of hydrogen-bond acceptors (Lipinski definition) is 9. The van der Waals surface area contributed by atoms with E-state index in [9.17, 15) is 14.9 Å². The van der Waals surface area contributed by atoms with Crippen molar-refractivity contribution in [2.45, 2.75) is 61.9 Å². The van der Waals surface area contributed by atoms with Crippen LogP contribution in [0.15, 0.2) is 34.7 Å². The first-order valence-electron chi connectivity index (χ1n) is 18.1. The van der Waals surface area contributed by atoms with Crippen LogP contribution in [0.4, 0.5) is 32.6 Å². The minimum Gasteiger partial charge on any atom is -0.389 e. The summed E-state index contributed by atoms with van der Waals surface area (Å²) in [6.45, 7) is 11.6. The van der Waals surface area contributed by atoms with Gasteiger partial charge < -0.3 is 20.4 Å². The molecule has 0 radical (unpaired) electrons. The van der Waals surface area contributed by atoms with Crippen LogP contribution in [-0.4, -0.2) is 121 Å². The molecule has 1 saturated carbocycles. The molecule has 4 aliphatic rings. The number of benzene rings is 2. The van der Waals surface area contributed by atoms with E-state index in [1.165, 1.54) is 18.9 Å². The maximum Gasteiger partial charge on any atom is 0.417 e. The monoisotopic (exact) mass is 800 g/mol. The van der Waals surface area contributed by atoms with Gasteiger partial charge in [0.1, 0.15) is 28.5 Å². The average Bonchev–Trinajstić information content (AvgIpc) is 3.93. The second-order valence-electron chi connectivity index (χ2n) is 14.6. The van der Waals surface area contributed by atoms with Crippen LogP contribution < -0.4 is 10.6 Å². The lowest BCUT2D eigenvalue weighted by atomic mass is 9.90. The van der Waals surface area contributed by atoms with E-state index >= 15 is 22.0 Å². The minimum atomic E-state index is -5.08. The topological polar surface area (TPSA) is 113 Å². The van der Waals surface area contributed by atoms with Gasteiger partial charge in [0.2, 0.25) is 12.3 Å². The van der Waals surface area contributed by atoms with E-state index in [0.717, 1.165) is 44.0 Å². The van der Waals surface area contributed by atoms with Crippen molar-refractivity contribution in [3.05, 3.63) is 53.1 Å². The van der Waals surface area contributed by atoms with Gasteiger partial charge in [-0.25, -0.2) is 8.78 Å². The van der Waals surface area contributed by atoms with Crippen LogP contribution in [-0.2, 0) is 15.8 Å². The number of likely N-dealkylation sites (N-methyl/N-ethyl adjacent to an activating group) is 1. The molecule has 0 spiro atoms. The van der Waals surface area contributed by atoms with Gasteiger partial charge in [0.25, 0.3) is 0 Å². The van der Waals surface area contributed by atoms with E-state index in [0.29, 0.717) is 41.4 Å². The smallest absolute Gasteiger partial charge is 0.389 e. The molecule has 3 unspecified atom stereocenters. The summed E-state index contributed by atoms with van der Waals surface area (Å²) < 4.78 is 78.0. The van der Waals surface area contributed by atoms with Gasteiger partial charge in [-0.05, 0) is 38.8 Å². The van der Waals surface area contributed by atoms with Crippen LogP contribution in [0.2, 0.25) is 0 Å². The van der Waals surface area contributed by atoms with E-state index in [1.807, 2.05) is 11.0 Å². The molecule has 0 bridgehead atoms. The second kappa shape index (κ2) is 15.0. The summed E-state index contributed by atoms with van der Waals surface area (Å²) in [5.74, 6) is -2.31. The number of amides is 2. The summed E-state index contributed by atoms with van der Waals surface area (Å²) in [5.41, 5.74) is 3.71. The number of halogens is 5. The van der Waals surface area contributed by atoms with E-state index in [-0.39, 0.29) is 68.4 Å². The molecule has 3 aliphatic heterocycles. The lowest BCUT2D eigenvalue weighted by molar-refractivity contribution is -0.137. The lowest BCUT2D eigenvalue weighted by Crippen LogP contribution is -2.59. The van der Waals surface area contributed by atoms with Gasteiger partial charge in [0.05, 0.1) is 27.6 Å². The van der Waals surface area contributed by atoms with Gasteiger partial charge in [0.15, 0.2) is 0 Å². The molecule has 2 N–H and O–H groups in total. The van der Waals surface area contributed by atoms with Gasteiger partial charge in [-0.1, -0.05) is 6.58 Å². The molecule has 55 heavy (non-hydrogen) atoms. The highest BCUT2D eigenvalue weighted by Crippen LogP contribution is 2.54. The van der Waals surface area contributed by atoms with Gasteiger partial charge in [-0.15, -0.1) is 23.1 Å². The van der Waals surface area contributed by atoms with Crippen LogP contribution in [0.25, 0.3) is 21.2 Å². The fraction of sp³-hybridized carbons (Fsp3) is 0.474. The zero-order valence-corrected chi connectivity index (χ0v) is 32.3. The quantitative estimate of drug-likeness (QED) is 0.101. The van der Waals surface area contributed by atoms with Crippen molar-refractivity contribution < 1.29 is 31.5 Å². The molecule has 3 fully saturated rings. The molecule has 3 atom stereocenters. The van der Waals surface area contributed by atoms with Crippen LogP contribution >= 0.6 is 23.1 Å². The zero-order chi connectivity index (χ0) is 39.5. The van der Waals surface area contributed by atoms with Crippen molar-refractivity contribution in [2.75, 3.05) is 69.2 Å². The third kappa shape index (κ3) is 7.06. The summed E-state index contributed by atoms with van der Waals surface area (Å²) in [6.07, 6.45) is -1.18. The standard InChI is InChI=1S/C38H41F5N8O2S2/c1-5-29(53)51-20(2)15-50(16-21(51)3)37(46-19-52)24-12-26(38(41,42)43)31(32-27(39)13-28(40)34-30(32)25(14-44)36(45)55-34)35-33(24)47(4)23(18-54-35)17-48-8-10-49(11-9-48)22-6-7-22/h5,12-13,19-23H,1,6-11,15-18,45H2,2-4H3. The molecule has 2 amide bonds. The number of nitrogen functional groups attached to an aromatic ring is 1. The van der Waals surface area contributed by atoms with E-state index in [2.05, 4.69) is 21.4 Å². The largest absolute Gasteiger partial charge is 0.417 e. The molecule has 7 rings (SSSR count). The zero-order valence-electron chi connectivity index (χ0n) is 30.6.